The first-order chi connectivity index (χ1) is 11.4. The van der Waals surface area contributed by atoms with Gasteiger partial charge in [-0.1, -0.05) is 17.7 Å². The van der Waals surface area contributed by atoms with E-state index in [1.165, 1.54) is 0 Å². The number of anilines is 1. The molecule has 0 atom stereocenters. The van der Waals surface area contributed by atoms with Crippen LogP contribution in [0.25, 0.3) is 10.9 Å². The van der Waals surface area contributed by atoms with Gasteiger partial charge in [0.2, 0.25) is 0 Å². The van der Waals surface area contributed by atoms with Crippen molar-refractivity contribution in [3.8, 4) is 0 Å². The van der Waals surface area contributed by atoms with Crippen molar-refractivity contribution in [2.45, 2.75) is 27.3 Å². The fourth-order valence-electron chi connectivity index (χ4n) is 2.98. The summed E-state index contributed by atoms with van der Waals surface area (Å²) < 4.78 is 3.39. The van der Waals surface area contributed by atoms with E-state index in [1.54, 1.807) is 28.4 Å². The Hall–Kier alpha value is -2.82. The van der Waals surface area contributed by atoms with E-state index in [1.807, 2.05) is 45.0 Å². The smallest absolute Gasteiger partial charge is 0.272 e. The van der Waals surface area contributed by atoms with Crippen molar-refractivity contribution in [2.24, 2.45) is 7.05 Å². The molecule has 0 saturated heterocycles. The quantitative estimate of drug-likeness (QED) is 0.804. The van der Waals surface area contributed by atoms with Gasteiger partial charge in [-0.2, -0.15) is 0 Å². The zero-order valence-corrected chi connectivity index (χ0v) is 14.4. The van der Waals surface area contributed by atoms with Crippen LogP contribution in [0.1, 0.15) is 28.5 Å². The Morgan fingerprint density at radius 3 is 2.58 bits per heavy atom. The first-order valence-electron chi connectivity index (χ1n) is 8.00. The van der Waals surface area contributed by atoms with Gasteiger partial charge in [-0.05, 0) is 44.5 Å². The lowest BCUT2D eigenvalue weighted by Gasteiger charge is -2.10. The first kappa shape index (κ1) is 16.1. The Bertz CT molecular complexity index is 996. The molecule has 0 fully saturated rings. The number of aryl methyl sites for hydroxylation is 4. The van der Waals surface area contributed by atoms with Crippen molar-refractivity contribution < 1.29 is 4.79 Å². The number of pyridine rings is 1. The minimum atomic E-state index is -0.219. The molecule has 0 radical (unpaired) electrons. The van der Waals surface area contributed by atoms with Crippen LogP contribution in [0.3, 0.4) is 0 Å². The normalized spacial score (nSPS) is 11.0. The molecule has 1 amide bonds. The van der Waals surface area contributed by atoms with Crippen molar-refractivity contribution in [3.63, 3.8) is 0 Å². The summed E-state index contributed by atoms with van der Waals surface area (Å²) in [7, 11) is 1.80. The van der Waals surface area contributed by atoms with Crippen molar-refractivity contribution in [3.05, 3.63) is 63.7 Å². The summed E-state index contributed by atoms with van der Waals surface area (Å²) in [6.45, 7) is 6.50. The SMILES string of the molecule is CCn1ccc2c(cc(C(=O)Nc3ccc(C)cc3C)n2C)c1=O. The molecule has 1 aromatic carbocycles. The molecule has 24 heavy (non-hydrogen) atoms. The second-order valence-electron chi connectivity index (χ2n) is 6.07. The average Bonchev–Trinajstić information content (AvgIpc) is 2.88. The summed E-state index contributed by atoms with van der Waals surface area (Å²) in [5, 5.41) is 3.50. The van der Waals surface area contributed by atoms with Crippen LogP contribution in [0, 0.1) is 13.8 Å². The lowest BCUT2D eigenvalue weighted by atomic mass is 10.1. The summed E-state index contributed by atoms with van der Waals surface area (Å²) in [5.74, 6) is -0.219. The number of nitrogens with one attached hydrogen (secondary N) is 1. The number of fused-ring (bicyclic) bond motifs is 1. The third-order valence-corrected chi connectivity index (χ3v) is 4.39. The molecule has 3 rings (SSSR count). The van der Waals surface area contributed by atoms with Crippen molar-refractivity contribution in [2.75, 3.05) is 5.32 Å². The Balaban J connectivity index is 2.02. The summed E-state index contributed by atoms with van der Waals surface area (Å²) in [5.41, 5.74) is 4.09. The van der Waals surface area contributed by atoms with Crippen LogP contribution in [0.15, 0.2) is 41.3 Å². The predicted molar refractivity (Wildman–Crippen MR) is 96.7 cm³/mol. The van der Waals surface area contributed by atoms with Gasteiger partial charge in [0.25, 0.3) is 11.5 Å². The molecule has 0 spiro atoms. The molecular formula is C19H21N3O2. The van der Waals surface area contributed by atoms with Gasteiger partial charge in [-0.15, -0.1) is 0 Å². The van der Waals surface area contributed by atoms with Crippen molar-refractivity contribution in [1.82, 2.24) is 9.13 Å². The average molecular weight is 323 g/mol. The van der Waals surface area contributed by atoms with E-state index in [2.05, 4.69) is 5.32 Å². The molecule has 0 saturated carbocycles. The minimum absolute atomic E-state index is 0.0730. The third kappa shape index (κ3) is 2.62. The maximum absolute atomic E-state index is 12.7. The molecule has 0 unspecified atom stereocenters. The standard InChI is InChI=1S/C19H21N3O2/c1-5-22-9-8-16-14(19(22)24)11-17(21(16)4)18(23)20-15-7-6-12(2)10-13(15)3/h6-11H,5H2,1-4H3,(H,20,23). The molecule has 2 aromatic heterocycles. The number of carbonyl (C=O) groups excluding carboxylic acids is 1. The molecule has 2 heterocycles. The van der Waals surface area contributed by atoms with E-state index in [0.717, 1.165) is 22.3 Å². The highest BCUT2D eigenvalue weighted by Crippen LogP contribution is 2.20. The molecule has 0 aliphatic carbocycles. The number of hydrogen-bond acceptors (Lipinski definition) is 2. The van der Waals surface area contributed by atoms with Crippen molar-refractivity contribution >= 4 is 22.5 Å². The number of benzene rings is 1. The number of amides is 1. The van der Waals surface area contributed by atoms with E-state index in [9.17, 15) is 9.59 Å². The Labute approximate surface area is 140 Å². The lowest BCUT2D eigenvalue weighted by Crippen LogP contribution is -2.17. The summed E-state index contributed by atoms with van der Waals surface area (Å²) in [4.78, 5) is 25.1. The number of rotatable bonds is 3. The van der Waals surface area contributed by atoms with Crippen LogP contribution in [0.2, 0.25) is 0 Å². The second-order valence-corrected chi connectivity index (χ2v) is 6.07. The molecule has 0 bridgehead atoms. The van der Waals surface area contributed by atoms with E-state index in [0.29, 0.717) is 17.6 Å². The summed E-state index contributed by atoms with van der Waals surface area (Å²) >= 11 is 0. The lowest BCUT2D eigenvalue weighted by molar-refractivity contribution is 0.101. The van der Waals surface area contributed by atoms with E-state index >= 15 is 0 Å². The van der Waals surface area contributed by atoms with E-state index < -0.39 is 0 Å². The molecule has 0 aliphatic rings. The number of carbonyl (C=O) groups is 1. The van der Waals surface area contributed by atoms with E-state index in [4.69, 9.17) is 0 Å². The zero-order valence-electron chi connectivity index (χ0n) is 14.4. The Morgan fingerprint density at radius 1 is 1.17 bits per heavy atom. The van der Waals surface area contributed by atoms with Crippen LogP contribution < -0.4 is 10.9 Å². The maximum Gasteiger partial charge on any atom is 0.272 e. The van der Waals surface area contributed by atoms with Crippen LogP contribution in [0.5, 0.6) is 0 Å². The monoisotopic (exact) mass is 323 g/mol. The highest BCUT2D eigenvalue weighted by atomic mass is 16.2. The van der Waals surface area contributed by atoms with Gasteiger partial charge in [-0.25, -0.2) is 0 Å². The summed E-state index contributed by atoms with van der Waals surface area (Å²) in [6.07, 6.45) is 1.76. The van der Waals surface area contributed by atoms with Crippen LogP contribution in [-0.2, 0) is 13.6 Å². The van der Waals surface area contributed by atoms with Gasteiger partial charge in [0, 0.05) is 25.5 Å². The molecule has 124 valence electrons. The van der Waals surface area contributed by atoms with Gasteiger partial charge >= 0.3 is 0 Å². The fourth-order valence-corrected chi connectivity index (χ4v) is 2.98. The number of aromatic nitrogens is 2. The maximum atomic E-state index is 12.7. The minimum Gasteiger partial charge on any atom is -0.339 e. The zero-order chi connectivity index (χ0) is 17.4. The fraction of sp³-hybridized carbons (Fsp3) is 0.263. The predicted octanol–water partition coefficient (Wildman–Crippen LogP) is 3.23. The highest BCUT2D eigenvalue weighted by molar-refractivity contribution is 6.06. The number of nitrogens with zero attached hydrogens (tertiary/aromatic N) is 2. The van der Waals surface area contributed by atoms with Gasteiger partial charge in [0.05, 0.1) is 10.9 Å². The van der Waals surface area contributed by atoms with Crippen LogP contribution >= 0.6 is 0 Å². The summed E-state index contributed by atoms with van der Waals surface area (Å²) in [6, 6.07) is 9.42. The topological polar surface area (TPSA) is 56.0 Å². The van der Waals surface area contributed by atoms with Crippen molar-refractivity contribution in [1.29, 1.82) is 0 Å². The Kier molecular flexibility index (Phi) is 4.01. The van der Waals surface area contributed by atoms with Crippen LogP contribution in [0.4, 0.5) is 5.69 Å². The molecular weight excluding hydrogens is 302 g/mol. The Morgan fingerprint density at radius 2 is 1.92 bits per heavy atom. The molecule has 5 heteroatoms. The van der Waals surface area contributed by atoms with Gasteiger partial charge in [0.1, 0.15) is 5.69 Å². The van der Waals surface area contributed by atoms with Gasteiger partial charge < -0.3 is 14.5 Å². The molecule has 5 nitrogen and oxygen atoms in total. The van der Waals surface area contributed by atoms with Crippen LogP contribution in [-0.4, -0.2) is 15.0 Å². The molecule has 3 aromatic rings. The highest BCUT2D eigenvalue weighted by Gasteiger charge is 2.16. The molecule has 0 aliphatic heterocycles. The van der Waals surface area contributed by atoms with E-state index in [-0.39, 0.29) is 11.5 Å². The third-order valence-electron chi connectivity index (χ3n) is 4.39. The first-order valence-corrected chi connectivity index (χ1v) is 8.00. The number of hydrogen-bond donors (Lipinski definition) is 1. The van der Waals surface area contributed by atoms with Gasteiger partial charge in [-0.3, -0.25) is 9.59 Å². The largest absolute Gasteiger partial charge is 0.339 e. The van der Waals surface area contributed by atoms with Gasteiger partial charge in [0.15, 0.2) is 0 Å². The second kappa shape index (κ2) is 6.00. The molecule has 1 N–H and O–H groups in total.